The lowest BCUT2D eigenvalue weighted by atomic mass is 10.1. The molecule has 0 spiro atoms. The Hall–Kier alpha value is -2.66. The predicted molar refractivity (Wildman–Crippen MR) is 88.7 cm³/mol. The number of hydrogen-bond acceptors (Lipinski definition) is 3. The quantitative estimate of drug-likeness (QED) is 0.799. The topological polar surface area (TPSA) is 59.8 Å². The summed E-state index contributed by atoms with van der Waals surface area (Å²) in [5.74, 6) is -0.236. The molecule has 1 N–H and O–H groups in total. The summed E-state index contributed by atoms with van der Waals surface area (Å²) in [7, 11) is 0. The van der Waals surface area contributed by atoms with E-state index in [0.717, 1.165) is 11.3 Å². The Morgan fingerprint density at radius 3 is 2.65 bits per heavy atom. The van der Waals surface area contributed by atoms with Crippen molar-refractivity contribution in [1.29, 1.82) is 0 Å². The van der Waals surface area contributed by atoms with Crippen molar-refractivity contribution < 1.29 is 4.79 Å². The smallest absolute Gasteiger partial charge is 0.272 e. The number of amides is 1. The minimum Gasteiger partial charge on any atom is -0.344 e. The Balaban J connectivity index is 1.75. The number of hydrogen-bond donors (Lipinski definition) is 1. The molecular weight excluding hydrogens is 312 g/mol. The molecule has 0 aliphatic heterocycles. The number of pyridine rings is 1. The molecule has 2 aromatic heterocycles. The second-order valence-electron chi connectivity index (χ2n) is 5.07. The molecule has 1 amide bonds. The predicted octanol–water partition coefficient (Wildman–Crippen LogP) is 3.41. The number of carbonyl (C=O) groups excluding carboxylic acids is 1. The maximum atomic E-state index is 12.3. The lowest BCUT2D eigenvalue weighted by Gasteiger charge is -2.12. The van der Waals surface area contributed by atoms with Gasteiger partial charge < -0.3 is 5.32 Å². The number of benzene rings is 1. The van der Waals surface area contributed by atoms with Crippen LogP contribution in [0.5, 0.6) is 0 Å². The number of nitrogens with one attached hydrogen (secondary N) is 1. The van der Waals surface area contributed by atoms with Crippen molar-refractivity contribution >= 4 is 17.5 Å². The van der Waals surface area contributed by atoms with Crippen LogP contribution >= 0.6 is 11.6 Å². The van der Waals surface area contributed by atoms with Gasteiger partial charge in [-0.2, -0.15) is 5.10 Å². The molecular formula is C17H15ClN4O. The van der Waals surface area contributed by atoms with Gasteiger partial charge in [-0.05, 0) is 42.8 Å². The van der Waals surface area contributed by atoms with E-state index in [-0.39, 0.29) is 11.9 Å². The Morgan fingerprint density at radius 1 is 1.17 bits per heavy atom. The van der Waals surface area contributed by atoms with Crippen LogP contribution in [0.15, 0.2) is 61.1 Å². The van der Waals surface area contributed by atoms with E-state index in [1.807, 2.05) is 37.3 Å². The number of carbonyl (C=O) groups is 1. The molecule has 1 atom stereocenters. The highest BCUT2D eigenvalue weighted by Gasteiger charge is 2.14. The summed E-state index contributed by atoms with van der Waals surface area (Å²) in [6, 6.07) is 12.6. The van der Waals surface area contributed by atoms with E-state index in [9.17, 15) is 4.79 Å². The Labute approximate surface area is 138 Å². The van der Waals surface area contributed by atoms with E-state index in [4.69, 9.17) is 11.6 Å². The maximum absolute atomic E-state index is 12.3. The minimum absolute atomic E-state index is 0.129. The average molecular weight is 327 g/mol. The molecule has 1 aromatic carbocycles. The van der Waals surface area contributed by atoms with E-state index in [0.29, 0.717) is 10.7 Å². The van der Waals surface area contributed by atoms with Gasteiger partial charge in [-0.1, -0.05) is 23.7 Å². The molecule has 3 rings (SSSR count). The number of halogens is 1. The number of nitrogens with zero attached hydrogens (tertiary/aromatic N) is 3. The summed E-state index contributed by atoms with van der Waals surface area (Å²) in [6.07, 6.45) is 5.11. The van der Waals surface area contributed by atoms with Crippen molar-refractivity contribution in [1.82, 2.24) is 20.1 Å². The summed E-state index contributed by atoms with van der Waals surface area (Å²) in [6.45, 7) is 1.91. The lowest BCUT2D eigenvalue weighted by Crippen LogP contribution is -2.27. The zero-order valence-electron chi connectivity index (χ0n) is 12.5. The van der Waals surface area contributed by atoms with Gasteiger partial charge in [-0.15, -0.1) is 0 Å². The largest absolute Gasteiger partial charge is 0.344 e. The molecule has 2 heterocycles. The van der Waals surface area contributed by atoms with E-state index >= 15 is 0 Å². The Kier molecular flexibility index (Phi) is 4.39. The van der Waals surface area contributed by atoms with Crippen LogP contribution in [0.4, 0.5) is 0 Å². The van der Waals surface area contributed by atoms with E-state index in [2.05, 4.69) is 15.4 Å². The van der Waals surface area contributed by atoms with Crippen molar-refractivity contribution in [3.63, 3.8) is 0 Å². The van der Waals surface area contributed by atoms with Gasteiger partial charge >= 0.3 is 0 Å². The minimum atomic E-state index is -0.236. The van der Waals surface area contributed by atoms with Crippen LogP contribution in [0, 0.1) is 0 Å². The van der Waals surface area contributed by atoms with Crippen LogP contribution < -0.4 is 5.32 Å². The van der Waals surface area contributed by atoms with Gasteiger partial charge in [0.05, 0.1) is 16.8 Å². The fourth-order valence-electron chi connectivity index (χ4n) is 2.22. The van der Waals surface area contributed by atoms with Crippen molar-refractivity contribution in [2.45, 2.75) is 13.0 Å². The van der Waals surface area contributed by atoms with Gasteiger partial charge in [0.25, 0.3) is 5.91 Å². The number of rotatable bonds is 4. The molecule has 0 radical (unpaired) electrons. The summed E-state index contributed by atoms with van der Waals surface area (Å²) in [5, 5.41) is 7.79. The Morgan fingerprint density at radius 2 is 1.91 bits per heavy atom. The van der Waals surface area contributed by atoms with E-state index in [1.165, 1.54) is 0 Å². The molecule has 0 saturated carbocycles. The van der Waals surface area contributed by atoms with Gasteiger partial charge in [-0.3, -0.25) is 9.78 Å². The van der Waals surface area contributed by atoms with E-state index < -0.39 is 0 Å². The zero-order valence-corrected chi connectivity index (χ0v) is 13.2. The molecule has 116 valence electrons. The molecule has 0 bridgehead atoms. The first kappa shape index (κ1) is 15.2. The van der Waals surface area contributed by atoms with Gasteiger partial charge in [-0.25, -0.2) is 4.68 Å². The summed E-state index contributed by atoms with van der Waals surface area (Å²) in [4.78, 5) is 16.3. The highest BCUT2D eigenvalue weighted by Crippen LogP contribution is 2.19. The molecule has 0 fully saturated rings. The van der Waals surface area contributed by atoms with Crippen LogP contribution in [0.1, 0.15) is 29.0 Å². The van der Waals surface area contributed by atoms with Gasteiger partial charge in [0.15, 0.2) is 5.69 Å². The van der Waals surface area contributed by atoms with Gasteiger partial charge in [0.2, 0.25) is 0 Å². The third-order valence-electron chi connectivity index (χ3n) is 3.47. The maximum Gasteiger partial charge on any atom is 0.272 e. The SMILES string of the molecule is CC(NC(=O)c1ccn(-c2ccccc2Cl)n1)c1ccncc1. The van der Waals surface area contributed by atoms with Crippen molar-refractivity contribution in [3.8, 4) is 5.69 Å². The molecule has 5 nitrogen and oxygen atoms in total. The zero-order chi connectivity index (χ0) is 16.2. The van der Waals surface area contributed by atoms with E-state index in [1.54, 1.807) is 35.4 Å². The van der Waals surface area contributed by atoms with Gasteiger partial charge in [0, 0.05) is 18.6 Å². The fourth-order valence-corrected chi connectivity index (χ4v) is 2.45. The molecule has 1 unspecified atom stereocenters. The third kappa shape index (κ3) is 3.40. The molecule has 0 aliphatic carbocycles. The number of para-hydroxylation sites is 1. The second-order valence-corrected chi connectivity index (χ2v) is 5.48. The third-order valence-corrected chi connectivity index (χ3v) is 3.79. The second kappa shape index (κ2) is 6.62. The highest BCUT2D eigenvalue weighted by molar-refractivity contribution is 6.32. The summed E-state index contributed by atoms with van der Waals surface area (Å²) in [5.41, 5.74) is 2.06. The summed E-state index contributed by atoms with van der Waals surface area (Å²) < 4.78 is 1.59. The molecule has 3 aromatic rings. The summed E-state index contributed by atoms with van der Waals surface area (Å²) >= 11 is 6.14. The first-order valence-electron chi connectivity index (χ1n) is 7.16. The molecule has 6 heteroatoms. The molecule has 23 heavy (non-hydrogen) atoms. The fraction of sp³-hybridized carbons (Fsp3) is 0.118. The number of aromatic nitrogens is 3. The van der Waals surface area contributed by atoms with Crippen LogP contribution in [0.2, 0.25) is 5.02 Å². The standard InChI is InChI=1S/C17H15ClN4O/c1-12(13-6-9-19-10-7-13)20-17(23)15-8-11-22(21-15)16-5-3-2-4-14(16)18/h2-12H,1H3,(H,20,23). The average Bonchev–Trinajstić information content (AvgIpc) is 3.06. The first-order valence-corrected chi connectivity index (χ1v) is 7.54. The van der Waals surface area contributed by atoms with Gasteiger partial charge in [0.1, 0.15) is 0 Å². The lowest BCUT2D eigenvalue weighted by molar-refractivity contribution is 0.0934. The first-order chi connectivity index (χ1) is 11.1. The molecule has 0 aliphatic rings. The van der Waals surface area contributed by atoms with Crippen molar-refractivity contribution in [3.05, 3.63) is 77.3 Å². The van der Waals surface area contributed by atoms with Crippen molar-refractivity contribution in [2.24, 2.45) is 0 Å². The van der Waals surface area contributed by atoms with Crippen LogP contribution in [-0.4, -0.2) is 20.7 Å². The highest BCUT2D eigenvalue weighted by atomic mass is 35.5. The van der Waals surface area contributed by atoms with Crippen LogP contribution in [-0.2, 0) is 0 Å². The van der Waals surface area contributed by atoms with Crippen LogP contribution in [0.3, 0.4) is 0 Å². The normalized spacial score (nSPS) is 11.9. The monoisotopic (exact) mass is 326 g/mol. The van der Waals surface area contributed by atoms with Crippen LogP contribution in [0.25, 0.3) is 5.69 Å². The van der Waals surface area contributed by atoms with Crippen molar-refractivity contribution in [2.75, 3.05) is 0 Å². The Bertz CT molecular complexity index is 816. The molecule has 0 saturated heterocycles.